The van der Waals surface area contributed by atoms with E-state index in [1.54, 1.807) is 0 Å². The Balaban J connectivity index is 2.26. The molecule has 0 bridgehead atoms. The Kier molecular flexibility index (Phi) is 7.09. The predicted octanol–water partition coefficient (Wildman–Crippen LogP) is 1.55. The first kappa shape index (κ1) is 14.9. The fourth-order valence-electron chi connectivity index (χ4n) is 2.66. The minimum absolute atomic E-state index is 0.645. The lowest BCUT2D eigenvalue weighted by molar-refractivity contribution is 0.279. The maximum Gasteiger partial charge on any atom is 0.0197 e. The van der Waals surface area contributed by atoms with Crippen LogP contribution in [0.15, 0.2) is 0 Å². The number of nitrogens with zero attached hydrogens (tertiary/aromatic N) is 1. The van der Waals surface area contributed by atoms with Crippen LogP contribution in [0, 0.1) is 11.8 Å². The van der Waals surface area contributed by atoms with Gasteiger partial charge in [-0.05, 0) is 64.8 Å². The first-order valence-electron chi connectivity index (χ1n) is 7.16. The van der Waals surface area contributed by atoms with Crippen molar-refractivity contribution >= 4 is 0 Å². The van der Waals surface area contributed by atoms with Gasteiger partial charge < -0.3 is 15.5 Å². The van der Waals surface area contributed by atoms with Crippen molar-refractivity contribution in [3.8, 4) is 0 Å². The Morgan fingerprint density at radius 2 is 2.12 bits per heavy atom. The molecule has 0 saturated carbocycles. The van der Waals surface area contributed by atoms with E-state index in [9.17, 15) is 0 Å². The average molecular weight is 241 g/mol. The van der Waals surface area contributed by atoms with Gasteiger partial charge in [0.15, 0.2) is 0 Å². The number of nitrogens with one attached hydrogen (secondary N) is 2. The highest BCUT2D eigenvalue weighted by Gasteiger charge is 2.16. The van der Waals surface area contributed by atoms with E-state index >= 15 is 0 Å². The summed E-state index contributed by atoms with van der Waals surface area (Å²) in [6.45, 7) is 9.36. The van der Waals surface area contributed by atoms with Gasteiger partial charge in [-0.15, -0.1) is 0 Å². The van der Waals surface area contributed by atoms with Crippen LogP contribution in [-0.2, 0) is 0 Å². The van der Waals surface area contributed by atoms with Crippen molar-refractivity contribution in [3.05, 3.63) is 0 Å². The second-order valence-corrected chi connectivity index (χ2v) is 6.21. The lowest BCUT2D eigenvalue weighted by Gasteiger charge is -2.28. The highest BCUT2D eigenvalue weighted by Crippen LogP contribution is 2.10. The Labute approximate surface area is 107 Å². The fraction of sp³-hybridized carbons (Fsp3) is 1.00. The van der Waals surface area contributed by atoms with Crippen LogP contribution in [-0.4, -0.2) is 51.2 Å². The van der Waals surface area contributed by atoms with Gasteiger partial charge in [0.1, 0.15) is 0 Å². The first-order valence-corrected chi connectivity index (χ1v) is 7.16. The second kappa shape index (κ2) is 8.06. The molecule has 1 fully saturated rings. The van der Waals surface area contributed by atoms with Crippen molar-refractivity contribution in [2.75, 3.05) is 40.3 Å². The van der Waals surface area contributed by atoms with Crippen molar-refractivity contribution in [3.63, 3.8) is 0 Å². The molecule has 1 saturated heterocycles. The highest BCUT2D eigenvalue weighted by atomic mass is 15.1. The molecule has 0 radical (unpaired) electrons. The van der Waals surface area contributed by atoms with Gasteiger partial charge in [-0.3, -0.25) is 0 Å². The number of rotatable bonds is 7. The quantitative estimate of drug-likeness (QED) is 0.708. The summed E-state index contributed by atoms with van der Waals surface area (Å²) in [6.07, 6.45) is 4.00. The molecule has 2 atom stereocenters. The molecule has 0 spiro atoms. The minimum atomic E-state index is 0.645. The van der Waals surface area contributed by atoms with E-state index in [1.165, 1.54) is 38.9 Å². The third kappa shape index (κ3) is 7.02. The Bertz CT molecular complexity index is 176. The second-order valence-electron chi connectivity index (χ2n) is 6.21. The minimum Gasteiger partial charge on any atom is -0.316 e. The summed E-state index contributed by atoms with van der Waals surface area (Å²) < 4.78 is 0. The summed E-state index contributed by atoms with van der Waals surface area (Å²) in [6, 6.07) is 0.645. The molecule has 1 aliphatic heterocycles. The maximum atomic E-state index is 3.77. The first-order chi connectivity index (χ1) is 8.08. The average Bonchev–Trinajstić information content (AvgIpc) is 2.26. The summed E-state index contributed by atoms with van der Waals surface area (Å²) in [5.74, 6) is 1.61. The molecule has 0 aromatic rings. The van der Waals surface area contributed by atoms with Crippen LogP contribution in [0.5, 0.6) is 0 Å². The van der Waals surface area contributed by atoms with E-state index in [4.69, 9.17) is 0 Å². The molecule has 17 heavy (non-hydrogen) atoms. The van der Waals surface area contributed by atoms with E-state index in [-0.39, 0.29) is 0 Å². The van der Waals surface area contributed by atoms with E-state index in [0.29, 0.717) is 6.04 Å². The zero-order chi connectivity index (χ0) is 12.7. The topological polar surface area (TPSA) is 27.3 Å². The molecular weight excluding hydrogens is 210 g/mol. The van der Waals surface area contributed by atoms with Crippen molar-refractivity contribution in [2.45, 2.75) is 39.2 Å². The lowest BCUT2D eigenvalue weighted by Crippen LogP contribution is -2.44. The monoisotopic (exact) mass is 241 g/mol. The molecule has 0 amide bonds. The Hall–Kier alpha value is -0.120. The molecular formula is C14H31N3. The fourth-order valence-corrected chi connectivity index (χ4v) is 2.66. The number of likely N-dealkylation sites (N-methyl/N-ethyl adjacent to an activating group) is 1. The van der Waals surface area contributed by atoms with E-state index in [2.05, 4.69) is 43.5 Å². The normalized spacial score (nSPS) is 23.3. The summed E-state index contributed by atoms with van der Waals surface area (Å²) in [4.78, 5) is 2.29. The zero-order valence-corrected chi connectivity index (χ0v) is 12.1. The number of hydrogen-bond donors (Lipinski definition) is 2. The number of piperidine rings is 1. The van der Waals surface area contributed by atoms with E-state index in [1.807, 2.05) is 0 Å². The van der Waals surface area contributed by atoms with Crippen LogP contribution < -0.4 is 10.6 Å². The smallest absolute Gasteiger partial charge is 0.0197 e. The van der Waals surface area contributed by atoms with Crippen molar-refractivity contribution in [1.82, 2.24) is 15.5 Å². The van der Waals surface area contributed by atoms with Crippen LogP contribution in [0.25, 0.3) is 0 Å². The van der Waals surface area contributed by atoms with Gasteiger partial charge in [0.2, 0.25) is 0 Å². The third-order valence-electron chi connectivity index (χ3n) is 3.44. The SMILES string of the molecule is CC(C)CC(CN(C)C)NCC1CCCNC1. The van der Waals surface area contributed by atoms with Gasteiger partial charge in [0.25, 0.3) is 0 Å². The van der Waals surface area contributed by atoms with Crippen molar-refractivity contribution < 1.29 is 0 Å². The van der Waals surface area contributed by atoms with Crippen LogP contribution in [0.2, 0.25) is 0 Å². The summed E-state index contributed by atoms with van der Waals surface area (Å²) in [5.41, 5.74) is 0. The molecule has 1 aliphatic rings. The zero-order valence-electron chi connectivity index (χ0n) is 12.1. The molecule has 2 unspecified atom stereocenters. The van der Waals surface area contributed by atoms with E-state index < -0.39 is 0 Å². The molecule has 102 valence electrons. The van der Waals surface area contributed by atoms with Gasteiger partial charge in [-0.25, -0.2) is 0 Å². The third-order valence-corrected chi connectivity index (χ3v) is 3.44. The van der Waals surface area contributed by atoms with Crippen molar-refractivity contribution in [1.29, 1.82) is 0 Å². The standard InChI is InChI=1S/C14H31N3/c1-12(2)8-14(11-17(3)4)16-10-13-6-5-7-15-9-13/h12-16H,5-11H2,1-4H3. The lowest BCUT2D eigenvalue weighted by atomic mass is 9.98. The van der Waals surface area contributed by atoms with Crippen molar-refractivity contribution in [2.24, 2.45) is 11.8 Å². The highest BCUT2D eigenvalue weighted by molar-refractivity contribution is 4.76. The molecule has 2 N–H and O–H groups in total. The molecule has 1 heterocycles. The summed E-state index contributed by atoms with van der Waals surface area (Å²) in [7, 11) is 4.33. The Morgan fingerprint density at radius 1 is 1.35 bits per heavy atom. The maximum absolute atomic E-state index is 3.77. The van der Waals surface area contributed by atoms with Crippen LogP contribution in [0.1, 0.15) is 33.1 Å². The summed E-state index contributed by atoms with van der Waals surface area (Å²) >= 11 is 0. The van der Waals surface area contributed by atoms with Crippen LogP contribution in [0.3, 0.4) is 0 Å². The molecule has 0 aromatic carbocycles. The van der Waals surface area contributed by atoms with Gasteiger partial charge in [-0.1, -0.05) is 13.8 Å². The van der Waals surface area contributed by atoms with Gasteiger partial charge >= 0.3 is 0 Å². The predicted molar refractivity (Wildman–Crippen MR) is 75.4 cm³/mol. The molecule has 3 heteroatoms. The molecule has 3 nitrogen and oxygen atoms in total. The largest absolute Gasteiger partial charge is 0.316 e. The van der Waals surface area contributed by atoms with Crippen LogP contribution >= 0.6 is 0 Å². The molecule has 0 aliphatic carbocycles. The van der Waals surface area contributed by atoms with Gasteiger partial charge in [-0.2, -0.15) is 0 Å². The Morgan fingerprint density at radius 3 is 2.65 bits per heavy atom. The van der Waals surface area contributed by atoms with E-state index in [0.717, 1.165) is 18.4 Å². The van der Waals surface area contributed by atoms with Crippen LogP contribution in [0.4, 0.5) is 0 Å². The number of hydrogen-bond acceptors (Lipinski definition) is 3. The molecule has 1 rings (SSSR count). The van der Waals surface area contributed by atoms with Gasteiger partial charge in [0, 0.05) is 12.6 Å². The summed E-state index contributed by atoms with van der Waals surface area (Å²) in [5, 5.41) is 7.26. The van der Waals surface area contributed by atoms with Gasteiger partial charge in [0.05, 0.1) is 0 Å². The molecule has 0 aromatic heterocycles.